The Bertz CT molecular complexity index is 1310. The van der Waals surface area contributed by atoms with Crippen molar-refractivity contribution >= 4 is 40.0 Å². The van der Waals surface area contributed by atoms with Crippen LogP contribution in [0, 0.1) is 0 Å². The number of hydrogen-bond donors (Lipinski definition) is 1. The highest BCUT2D eigenvalue weighted by molar-refractivity contribution is 7.99. The van der Waals surface area contributed by atoms with Crippen molar-refractivity contribution in [1.29, 1.82) is 0 Å². The van der Waals surface area contributed by atoms with Crippen LogP contribution in [-0.2, 0) is 22.7 Å². The third kappa shape index (κ3) is 6.13. The average molecular weight is 523 g/mol. The van der Waals surface area contributed by atoms with Gasteiger partial charge in [0.05, 0.1) is 12.4 Å². The number of thioether (sulfide) groups is 1. The van der Waals surface area contributed by atoms with Crippen molar-refractivity contribution in [3.63, 3.8) is 0 Å². The smallest absolute Gasteiger partial charge is 0.341 e. The maximum absolute atomic E-state index is 12.8. The summed E-state index contributed by atoms with van der Waals surface area (Å²) in [5.41, 5.74) is 1.98. The van der Waals surface area contributed by atoms with Gasteiger partial charge in [0, 0.05) is 17.5 Å². The summed E-state index contributed by atoms with van der Waals surface area (Å²) in [7, 11) is 0. The highest BCUT2D eigenvalue weighted by Gasteiger charge is 2.23. The van der Waals surface area contributed by atoms with Gasteiger partial charge in [-0.1, -0.05) is 60.3 Å². The molecule has 0 unspecified atom stereocenters. The average Bonchev–Trinajstić information content (AvgIpc) is 3.51. The fourth-order valence-electron chi connectivity index (χ4n) is 3.49. The number of nitrogens with one attached hydrogen (secondary N) is 1. The van der Waals surface area contributed by atoms with E-state index in [-0.39, 0.29) is 24.9 Å². The molecule has 1 amide bonds. The molecule has 2 aromatic carbocycles. The Labute approximate surface area is 217 Å². The molecule has 0 spiro atoms. The molecular formula is C26H26N4O4S2. The molecule has 2 aromatic heterocycles. The first-order chi connectivity index (χ1) is 17.6. The number of thiophene rings is 1. The third-order valence-electron chi connectivity index (χ3n) is 5.16. The first-order valence-electron chi connectivity index (χ1n) is 11.5. The molecular weight excluding hydrogens is 496 g/mol. The molecule has 1 N–H and O–H groups in total. The first-order valence-corrected chi connectivity index (χ1v) is 13.3. The van der Waals surface area contributed by atoms with Crippen molar-refractivity contribution < 1.29 is 19.1 Å². The number of carbonyl (C=O) groups is 2. The minimum Gasteiger partial charge on any atom is -0.486 e. The second-order valence-electron chi connectivity index (χ2n) is 7.52. The molecule has 0 fully saturated rings. The van der Waals surface area contributed by atoms with Gasteiger partial charge in [0.25, 0.3) is 0 Å². The normalized spacial score (nSPS) is 10.7. The molecule has 0 saturated heterocycles. The summed E-state index contributed by atoms with van der Waals surface area (Å²) in [6.45, 7) is 4.90. The van der Waals surface area contributed by atoms with E-state index >= 15 is 0 Å². The Morgan fingerprint density at radius 3 is 2.44 bits per heavy atom. The van der Waals surface area contributed by atoms with Crippen LogP contribution in [0.4, 0.5) is 5.00 Å². The third-order valence-corrected chi connectivity index (χ3v) is 7.02. The van der Waals surface area contributed by atoms with Crippen LogP contribution in [0.2, 0.25) is 0 Å². The predicted octanol–water partition coefficient (Wildman–Crippen LogP) is 5.51. The number of ether oxygens (including phenoxy) is 2. The second kappa shape index (κ2) is 12.4. The van der Waals surface area contributed by atoms with Gasteiger partial charge in [0.2, 0.25) is 5.91 Å². The molecule has 2 heterocycles. The summed E-state index contributed by atoms with van der Waals surface area (Å²) >= 11 is 2.58. The minimum absolute atomic E-state index is 0.110. The molecule has 186 valence electrons. The number of para-hydroxylation sites is 1. The van der Waals surface area contributed by atoms with E-state index in [1.165, 1.54) is 23.1 Å². The Hall–Kier alpha value is -3.63. The molecule has 10 heteroatoms. The molecule has 4 rings (SSSR count). The first kappa shape index (κ1) is 25.5. The number of esters is 1. The van der Waals surface area contributed by atoms with E-state index in [1.807, 2.05) is 77.5 Å². The lowest BCUT2D eigenvalue weighted by Gasteiger charge is -2.10. The van der Waals surface area contributed by atoms with Crippen LogP contribution in [0.25, 0.3) is 11.1 Å². The van der Waals surface area contributed by atoms with Crippen LogP contribution in [0.3, 0.4) is 0 Å². The van der Waals surface area contributed by atoms with Gasteiger partial charge in [-0.3, -0.25) is 4.79 Å². The number of anilines is 1. The summed E-state index contributed by atoms with van der Waals surface area (Å²) in [5, 5.41) is 14.3. The van der Waals surface area contributed by atoms with Gasteiger partial charge in [0.15, 0.2) is 11.0 Å². The molecule has 4 aromatic rings. The van der Waals surface area contributed by atoms with Crippen LogP contribution in [0.15, 0.2) is 71.2 Å². The van der Waals surface area contributed by atoms with Crippen molar-refractivity contribution in [3.05, 3.63) is 77.4 Å². The Kier molecular flexibility index (Phi) is 8.75. The Balaban J connectivity index is 1.43. The summed E-state index contributed by atoms with van der Waals surface area (Å²) in [4.78, 5) is 25.5. The molecule has 0 radical (unpaired) electrons. The number of rotatable bonds is 11. The highest BCUT2D eigenvalue weighted by atomic mass is 32.2. The second-order valence-corrected chi connectivity index (χ2v) is 9.34. The lowest BCUT2D eigenvalue weighted by Crippen LogP contribution is -2.17. The van der Waals surface area contributed by atoms with E-state index in [2.05, 4.69) is 15.5 Å². The predicted molar refractivity (Wildman–Crippen MR) is 142 cm³/mol. The zero-order valence-corrected chi connectivity index (χ0v) is 21.6. The molecule has 0 saturated carbocycles. The minimum atomic E-state index is -0.464. The zero-order valence-electron chi connectivity index (χ0n) is 20.0. The number of nitrogens with zero attached hydrogens (tertiary/aromatic N) is 3. The highest BCUT2D eigenvalue weighted by Crippen LogP contribution is 2.36. The number of hydrogen-bond acceptors (Lipinski definition) is 8. The summed E-state index contributed by atoms with van der Waals surface area (Å²) in [6.07, 6.45) is 0. The van der Waals surface area contributed by atoms with Crippen molar-refractivity contribution in [2.24, 2.45) is 0 Å². The quantitative estimate of drug-likeness (QED) is 0.205. The zero-order chi connectivity index (χ0) is 25.3. The summed E-state index contributed by atoms with van der Waals surface area (Å²) in [6, 6.07) is 19.1. The van der Waals surface area contributed by atoms with Gasteiger partial charge in [0.1, 0.15) is 22.9 Å². The van der Waals surface area contributed by atoms with Crippen molar-refractivity contribution in [1.82, 2.24) is 14.8 Å². The standard InChI is InChI=1S/C26H26N4O4S2/c1-3-30-21(15-34-19-13-9-6-10-14-19)28-29-26(30)36-17-22(31)27-24-23(25(32)33-4-2)20(16-35-24)18-11-7-5-8-12-18/h5-14,16H,3-4,15,17H2,1-2H3,(H,27,31). The number of aromatic nitrogens is 3. The molecule has 0 aliphatic heterocycles. The number of carbonyl (C=O) groups excluding carboxylic acids is 2. The van der Waals surface area contributed by atoms with Gasteiger partial charge >= 0.3 is 5.97 Å². The van der Waals surface area contributed by atoms with Crippen molar-refractivity contribution in [2.75, 3.05) is 17.7 Å². The Morgan fingerprint density at radius 2 is 1.75 bits per heavy atom. The van der Waals surface area contributed by atoms with E-state index in [1.54, 1.807) is 6.92 Å². The number of amides is 1. The van der Waals surface area contributed by atoms with Crippen LogP contribution in [0.1, 0.15) is 30.0 Å². The maximum atomic E-state index is 12.8. The van der Waals surface area contributed by atoms with Gasteiger partial charge in [-0.05, 0) is 31.5 Å². The van der Waals surface area contributed by atoms with E-state index in [0.717, 1.165) is 16.9 Å². The summed E-state index contributed by atoms with van der Waals surface area (Å²) in [5.74, 6) is 0.826. The van der Waals surface area contributed by atoms with Gasteiger partial charge in [-0.25, -0.2) is 4.79 Å². The largest absolute Gasteiger partial charge is 0.486 e. The fourth-order valence-corrected chi connectivity index (χ4v) is 5.29. The Morgan fingerprint density at radius 1 is 1.03 bits per heavy atom. The topological polar surface area (TPSA) is 95.3 Å². The maximum Gasteiger partial charge on any atom is 0.341 e. The number of benzene rings is 2. The monoisotopic (exact) mass is 522 g/mol. The van der Waals surface area contributed by atoms with Crippen LogP contribution in [0.5, 0.6) is 5.75 Å². The molecule has 0 atom stereocenters. The SMILES string of the molecule is CCOC(=O)c1c(-c2ccccc2)csc1NC(=O)CSc1nnc(COc2ccccc2)n1CC. The molecule has 0 bridgehead atoms. The van der Waals surface area contributed by atoms with Gasteiger partial charge in [-0.2, -0.15) is 0 Å². The van der Waals surface area contributed by atoms with E-state index in [0.29, 0.717) is 28.1 Å². The van der Waals surface area contributed by atoms with Crippen molar-refractivity contribution in [2.45, 2.75) is 32.2 Å². The van der Waals surface area contributed by atoms with Gasteiger partial charge in [-0.15, -0.1) is 21.5 Å². The lowest BCUT2D eigenvalue weighted by molar-refractivity contribution is -0.113. The summed E-state index contributed by atoms with van der Waals surface area (Å²) < 4.78 is 13.0. The molecule has 0 aliphatic carbocycles. The van der Waals surface area contributed by atoms with Crippen molar-refractivity contribution in [3.8, 4) is 16.9 Å². The lowest BCUT2D eigenvalue weighted by atomic mass is 10.0. The van der Waals surface area contributed by atoms with Crippen LogP contribution >= 0.6 is 23.1 Å². The van der Waals surface area contributed by atoms with E-state index in [9.17, 15) is 9.59 Å². The van der Waals surface area contributed by atoms with Crippen LogP contribution in [-0.4, -0.2) is 39.0 Å². The van der Waals surface area contributed by atoms with Gasteiger partial charge < -0.3 is 19.4 Å². The molecule has 0 aliphatic rings. The molecule has 8 nitrogen and oxygen atoms in total. The fraction of sp³-hybridized carbons (Fsp3) is 0.231. The van der Waals surface area contributed by atoms with E-state index in [4.69, 9.17) is 9.47 Å². The van der Waals surface area contributed by atoms with Crippen LogP contribution < -0.4 is 10.1 Å². The molecule has 36 heavy (non-hydrogen) atoms. The van der Waals surface area contributed by atoms with E-state index < -0.39 is 5.97 Å².